The van der Waals surface area contributed by atoms with E-state index in [0.29, 0.717) is 17.9 Å². The highest BCUT2D eigenvalue weighted by atomic mass is 16.1. The fourth-order valence-electron chi connectivity index (χ4n) is 2.86. The van der Waals surface area contributed by atoms with Crippen LogP contribution in [0.3, 0.4) is 0 Å². The zero-order valence-electron chi connectivity index (χ0n) is 10.2. The summed E-state index contributed by atoms with van der Waals surface area (Å²) in [5.41, 5.74) is 0. The minimum atomic E-state index is 0.235. The van der Waals surface area contributed by atoms with Crippen molar-refractivity contribution in [2.24, 2.45) is 11.8 Å². The van der Waals surface area contributed by atoms with Gasteiger partial charge in [0.2, 0.25) is 5.91 Å². The van der Waals surface area contributed by atoms with E-state index in [1.807, 2.05) is 0 Å². The number of rotatable bonds is 2. The minimum absolute atomic E-state index is 0.235. The second kappa shape index (κ2) is 5.51. The van der Waals surface area contributed by atoms with Crippen LogP contribution < -0.4 is 5.32 Å². The molecule has 1 saturated carbocycles. The van der Waals surface area contributed by atoms with Crippen molar-refractivity contribution >= 4 is 5.91 Å². The molecular formula is C14H23NO. The molecule has 2 aliphatic carbocycles. The van der Waals surface area contributed by atoms with Crippen molar-refractivity contribution in [3.8, 4) is 0 Å². The molecule has 2 heteroatoms. The fraction of sp³-hybridized carbons (Fsp3) is 0.786. The topological polar surface area (TPSA) is 29.1 Å². The monoisotopic (exact) mass is 221 g/mol. The summed E-state index contributed by atoms with van der Waals surface area (Å²) >= 11 is 0. The van der Waals surface area contributed by atoms with Gasteiger partial charge in [0, 0.05) is 12.0 Å². The molecule has 2 nitrogen and oxygen atoms in total. The van der Waals surface area contributed by atoms with Crippen molar-refractivity contribution in [2.75, 3.05) is 0 Å². The van der Waals surface area contributed by atoms with Crippen LogP contribution in [0.15, 0.2) is 12.2 Å². The number of amides is 1. The summed E-state index contributed by atoms with van der Waals surface area (Å²) in [5, 5.41) is 3.27. The number of allylic oxidation sites excluding steroid dienone is 2. The molecule has 3 atom stereocenters. The third-order valence-electron chi connectivity index (χ3n) is 4.08. The van der Waals surface area contributed by atoms with Gasteiger partial charge in [0.25, 0.3) is 0 Å². The standard InChI is InChI=1S/C14H23NO/c1-11-7-5-6-10-13(11)15-14(16)12-8-3-2-4-9-12/h2-3,11-13H,4-10H2,1H3,(H,15,16)/t11-,12+,13-/m1/s1. The summed E-state index contributed by atoms with van der Waals surface area (Å²) in [6.45, 7) is 2.27. The SMILES string of the molecule is C[C@@H]1CCCC[C@H]1NC(=O)[C@H]1CC=CCC1. The van der Waals surface area contributed by atoms with E-state index in [9.17, 15) is 4.79 Å². The average molecular weight is 221 g/mol. The van der Waals surface area contributed by atoms with Crippen LogP contribution in [0.25, 0.3) is 0 Å². The molecule has 0 unspecified atom stereocenters. The van der Waals surface area contributed by atoms with Gasteiger partial charge in [-0.1, -0.05) is 31.9 Å². The van der Waals surface area contributed by atoms with E-state index in [1.165, 1.54) is 25.7 Å². The van der Waals surface area contributed by atoms with Gasteiger partial charge in [0.1, 0.15) is 0 Å². The first-order valence-corrected chi connectivity index (χ1v) is 6.72. The quantitative estimate of drug-likeness (QED) is 0.713. The molecule has 2 aliphatic rings. The van der Waals surface area contributed by atoms with E-state index in [4.69, 9.17) is 0 Å². The Morgan fingerprint density at radius 3 is 2.69 bits per heavy atom. The predicted molar refractivity (Wildman–Crippen MR) is 66.0 cm³/mol. The molecule has 0 aromatic rings. The number of carbonyl (C=O) groups excluding carboxylic acids is 1. The smallest absolute Gasteiger partial charge is 0.223 e. The molecule has 1 fully saturated rings. The zero-order valence-corrected chi connectivity index (χ0v) is 10.2. The molecule has 0 spiro atoms. The van der Waals surface area contributed by atoms with Gasteiger partial charge in [0.05, 0.1) is 0 Å². The number of nitrogens with one attached hydrogen (secondary N) is 1. The summed E-state index contributed by atoms with van der Waals surface area (Å²) < 4.78 is 0. The lowest BCUT2D eigenvalue weighted by atomic mass is 9.85. The van der Waals surface area contributed by atoms with Gasteiger partial charge in [-0.05, 0) is 38.0 Å². The highest BCUT2D eigenvalue weighted by molar-refractivity contribution is 5.79. The van der Waals surface area contributed by atoms with Crippen molar-refractivity contribution in [2.45, 2.75) is 57.9 Å². The summed E-state index contributed by atoms with van der Waals surface area (Å²) in [7, 11) is 0. The van der Waals surface area contributed by atoms with Crippen molar-refractivity contribution in [3.63, 3.8) is 0 Å². The molecule has 0 aliphatic heterocycles. The minimum Gasteiger partial charge on any atom is -0.353 e. The maximum atomic E-state index is 12.1. The molecule has 0 bridgehead atoms. The lowest BCUT2D eigenvalue weighted by Gasteiger charge is -2.31. The molecule has 0 radical (unpaired) electrons. The van der Waals surface area contributed by atoms with Crippen LogP contribution in [0.5, 0.6) is 0 Å². The van der Waals surface area contributed by atoms with Crippen LogP contribution in [0.2, 0.25) is 0 Å². The van der Waals surface area contributed by atoms with Gasteiger partial charge in [-0.2, -0.15) is 0 Å². The third-order valence-corrected chi connectivity index (χ3v) is 4.08. The van der Waals surface area contributed by atoms with E-state index < -0.39 is 0 Å². The van der Waals surface area contributed by atoms with Gasteiger partial charge < -0.3 is 5.32 Å². The molecule has 2 rings (SSSR count). The maximum absolute atomic E-state index is 12.1. The molecule has 0 saturated heterocycles. The molecule has 0 aromatic carbocycles. The second-order valence-corrected chi connectivity index (χ2v) is 5.36. The van der Waals surface area contributed by atoms with Crippen LogP contribution in [0.1, 0.15) is 51.9 Å². The van der Waals surface area contributed by atoms with Crippen molar-refractivity contribution in [3.05, 3.63) is 12.2 Å². The predicted octanol–water partition coefficient (Wildman–Crippen LogP) is 3.04. The Labute approximate surface area is 98.5 Å². The average Bonchev–Trinajstić information content (AvgIpc) is 2.33. The van der Waals surface area contributed by atoms with Gasteiger partial charge in [-0.15, -0.1) is 0 Å². The van der Waals surface area contributed by atoms with Crippen LogP contribution >= 0.6 is 0 Å². The summed E-state index contributed by atoms with van der Waals surface area (Å²) in [6, 6.07) is 0.437. The van der Waals surface area contributed by atoms with E-state index >= 15 is 0 Å². The van der Waals surface area contributed by atoms with Crippen LogP contribution in [-0.2, 0) is 4.79 Å². The lowest BCUT2D eigenvalue weighted by molar-refractivity contribution is -0.126. The normalized spacial score (nSPS) is 34.7. The number of hydrogen-bond acceptors (Lipinski definition) is 1. The highest BCUT2D eigenvalue weighted by Crippen LogP contribution is 2.25. The first-order chi connectivity index (χ1) is 7.77. The molecule has 16 heavy (non-hydrogen) atoms. The van der Waals surface area contributed by atoms with E-state index in [0.717, 1.165) is 19.3 Å². The lowest BCUT2D eigenvalue weighted by Crippen LogP contribution is -2.43. The Balaban J connectivity index is 1.83. The van der Waals surface area contributed by atoms with E-state index in [2.05, 4.69) is 24.4 Å². The Hall–Kier alpha value is -0.790. The molecule has 1 amide bonds. The second-order valence-electron chi connectivity index (χ2n) is 5.36. The van der Waals surface area contributed by atoms with Crippen LogP contribution in [-0.4, -0.2) is 11.9 Å². The summed E-state index contributed by atoms with van der Waals surface area (Å²) in [5.74, 6) is 1.19. The molecule has 1 N–H and O–H groups in total. The van der Waals surface area contributed by atoms with Gasteiger partial charge in [-0.25, -0.2) is 0 Å². The molecular weight excluding hydrogens is 198 g/mol. The first-order valence-electron chi connectivity index (χ1n) is 6.72. The fourth-order valence-corrected chi connectivity index (χ4v) is 2.86. The molecule has 90 valence electrons. The molecule has 0 aromatic heterocycles. The zero-order chi connectivity index (χ0) is 11.4. The van der Waals surface area contributed by atoms with Gasteiger partial charge >= 0.3 is 0 Å². The van der Waals surface area contributed by atoms with Crippen LogP contribution in [0.4, 0.5) is 0 Å². The third kappa shape index (κ3) is 2.87. The Kier molecular flexibility index (Phi) is 4.03. The maximum Gasteiger partial charge on any atom is 0.223 e. The summed E-state index contributed by atoms with van der Waals surface area (Å²) in [4.78, 5) is 12.1. The Bertz CT molecular complexity index is 272. The highest BCUT2D eigenvalue weighted by Gasteiger charge is 2.26. The summed E-state index contributed by atoms with van der Waals surface area (Å²) in [6.07, 6.45) is 12.4. The van der Waals surface area contributed by atoms with Gasteiger partial charge in [-0.3, -0.25) is 4.79 Å². The van der Waals surface area contributed by atoms with Crippen molar-refractivity contribution < 1.29 is 4.79 Å². The van der Waals surface area contributed by atoms with E-state index in [1.54, 1.807) is 0 Å². The van der Waals surface area contributed by atoms with Crippen LogP contribution in [0, 0.1) is 11.8 Å². The number of carbonyl (C=O) groups is 1. The van der Waals surface area contributed by atoms with Crippen molar-refractivity contribution in [1.29, 1.82) is 0 Å². The first kappa shape index (κ1) is 11.7. The molecule has 0 heterocycles. The van der Waals surface area contributed by atoms with Gasteiger partial charge in [0.15, 0.2) is 0 Å². The Morgan fingerprint density at radius 2 is 2.00 bits per heavy atom. The van der Waals surface area contributed by atoms with Crippen molar-refractivity contribution in [1.82, 2.24) is 5.32 Å². The Morgan fingerprint density at radius 1 is 1.19 bits per heavy atom. The van der Waals surface area contributed by atoms with E-state index in [-0.39, 0.29) is 5.92 Å². The number of hydrogen-bond donors (Lipinski definition) is 1. The largest absolute Gasteiger partial charge is 0.353 e.